The van der Waals surface area contributed by atoms with Crippen molar-refractivity contribution in [2.75, 3.05) is 14.2 Å². The summed E-state index contributed by atoms with van der Waals surface area (Å²) in [6, 6.07) is 13.4. The molecule has 0 aromatic heterocycles. The molecular weight excluding hydrogens is 358 g/mol. The van der Waals surface area contributed by atoms with E-state index >= 15 is 0 Å². The molecule has 1 aliphatic rings. The number of benzene rings is 2. The molecule has 5 heteroatoms. The van der Waals surface area contributed by atoms with Gasteiger partial charge in [0.2, 0.25) is 0 Å². The number of rotatable bonds is 4. The molecule has 23 heavy (non-hydrogen) atoms. The summed E-state index contributed by atoms with van der Waals surface area (Å²) in [5.74, 6) is 1.48. The largest absolute Gasteiger partial charge is 0.497 e. The predicted molar refractivity (Wildman–Crippen MR) is 92.3 cm³/mol. The fraction of sp³-hybridized carbons (Fsp3) is 0.278. The highest BCUT2D eigenvalue weighted by Crippen LogP contribution is 2.31. The lowest BCUT2D eigenvalue weighted by Crippen LogP contribution is -2.41. The van der Waals surface area contributed by atoms with E-state index in [0.717, 1.165) is 34.6 Å². The van der Waals surface area contributed by atoms with Crippen molar-refractivity contribution in [2.45, 2.75) is 17.9 Å². The van der Waals surface area contributed by atoms with Gasteiger partial charge in [0.05, 0.1) is 25.7 Å². The molecule has 1 amide bonds. The van der Waals surface area contributed by atoms with Crippen LogP contribution in [0, 0.1) is 0 Å². The summed E-state index contributed by atoms with van der Waals surface area (Å²) in [6.07, 6.45) is 0.792. The molecule has 0 radical (unpaired) electrons. The molecule has 0 bridgehead atoms. The van der Waals surface area contributed by atoms with Gasteiger partial charge in [0.15, 0.2) is 0 Å². The van der Waals surface area contributed by atoms with Crippen molar-refractivity contribution < 1.29 is 14.3 Å². The van der Waals surface area contributed by atoms with Crippen LogP contribution in [0.1, 0.15) is 21.5 Å². The van der Waals surface area contributed by atoms with Gasteiger partial charge in [-0.25, -0.2) is 0 Å². The van der Waals surface area contributed by atoms with Gasteiger partial charge in [-0.3, -0.25) is 4.79 Å². The lowest BCUT2D eigenvalue weighted by molar-refractivity contribution is 0.0707. The number of nitrogens with zero attached hydrogens (tertiary/aromatic N) is 1. The van der Waals surface area contributed by atoms with Crippen LogP contribution in [-0.4, -0.2) is 30.0 Å². The lowest BCUT2D eigenvalue weighted by atomic mass is 9.98. The van der Waals surface area contributed by atoms with E-state index in [0.29, 0.717) is 6.54 Å². The van der Waals surface area contributed by atoms with Gasteiger partial charge >= 0.3 is 0 Å². The summed E-state index contributed by atoms with van der Waals surface area (Å²) in [7, 11) is 3.24. The Kier molecular flexibility index (Phi) is 4.57. The molecule has 0 saturated heterocycles. The molecule has 0 fully saturated rings. The van der Waals surface area contributed by atoms with Crippen LogP contribution in [0.25, 0.3) is 0 Å². The number of hydrogen-bond donors (Lipinski definition) is 0. The van der Waals surface area contributed by atoms with Crippen LogP contribution in [0.4, 0.5) is 0 Å². The topological polar surface area (TPSA) is 38.8 Å². The molecule has 0 spiro atoms. The minimum Gasteiger partial charge on any atom is -0.497 e. The number of carbonyl (C=O) groups excluding carboxylic acids is 1. The van der Waals surface area contributed by atoms with Crippen LogP contribution in [-0.2, 0) is 13.0 Å². The number of methoxy groups -OCH3 is 2. The van der Waals surface area contributed by atoms with E-state index in [1.807, 2.05) is 47.4 Å². The minimum atomic E-state index is -0.0308. The van der Waals surface area contributed by atoms with Gasteiger partial charge in [-0.15, -0.1) is 0 Å². The normalized spacial score (nSPS) is 16.9. The second kappa shape index (κ2) is 6.62. The number of hydrogen-bond acceptors (Lipinski definition) is 3. The maximum atomic E-state index is 12.8. The van der Waals surface area contributed by atoms with Crippen LogP contribution in [0.2, 0.25) is 0 Å². The van der Waals surface area contributed by atoms with Crippen LogP contribution in [0.15, 0.2) is 42.5 Å². The highest BCUT2D eigenvalue weighted by molar-refractivity contribution is 9.09. The van der Waals surface area contributed by atoms with Crippen molar-refractivity contribution in [3.8, 4) is 11.5 Å². The van der Waals surface area contributed by atoms with Crippen LogP contribution < -0.4 is 9.47 Å². The molecule has 1 aliphatic heterocycles. The molecule has 0 N–H and O–H groups in total. The molecule has 3 rings (SSSR count). The van der Waals surface area contributed by atoms with Crippen molar-refractivity contribution in [3.63, 3.8) is 0 Å². The van der Waals surface area contributed by atoms with E-state index in [1.54, 1.807) is 14.2 Å². The smallest absolute Gasteiger partial charge is 0.255 e. The van der Waals surface area contributed by atoms with E-state index in [1.165, 1.54) is 0 Å². The Morgan fingerprint density at radius 2 is 1.96 bits per heavy atom. The van der Waals surface area contributed by atoms with Gasteiger partial charge in [0, 0.05) is 23.6 Å². The molecule has 1 unspecified atom stereocenters. The standard InChI is InChI=1S/C18H18BrNO3/c1-22-14-8-7-13(16(10-14)23-2)11-20-17(19)9-12-5-3-4-6-15(12)18(20)21/h3-8,10,17H,9,11H2,1-2H3. The predicted octanol–water partition coefficient (Wildman–Crippen LogP) is 3.62. The molecule has 2 aromatic carbocycles. The van der Waals surface area contributed by atoms with Gasteiger partial charge in [-0.1, -0.05) is 34.1 Å². The summed E-state index contributed by atoms with van der Waals surface area (Å²) in [6.45, 7) is 0.482. The molecular formula is C18H18BrNO3. The molecule has 0 saturated carbocycles. The van der Waals surface area contributed by atoms with Gasteiger partial charge in [-0.2, -0.15) is 0 Å². The zero-order chi connectivity index (χ0) is 16.4. The number of halogens is 1. The zero-order valence-electron chi connectivity index (χ0n) is 13.1. The Morgan fingerprint density at radius 3 is 2.70 bits per heavy atom. The first-order valence-electron chi connectivity index (χ1n) is 7.38. The molecule has 120 valence electrons. The molecule has 0 aliphatic carbocycles. The zero-order valence-corrected chi connectivity index (χ0v) is 14.7. The van der Waals surface area contributed by atoms with Crippen LogP contribution in [0.3, 0.4) is 0 Å². The minimum absolute atomic E-state index is 0.0308. The third-order valence-corrected chi connectivity index (χ3v) is 4.89. The highest BCUT2D eigenvalue weighted by atomic mass is 79.9. The van der Waals surface area contributed by atoms with E-state index in [9.17, 15) is 4.79 Å². The summed E-state index contributed by atoms with van der Waals surface area (Å²) in [5.41, 5.74) is 2.80. The monoisotopic (exact) mass is 375 g/mol. The molecule has 2 aromatic rings. The Morgan fingerprint density at radius 1 is 1.17 bits per heavy atom. The van der Waals surface area contributed by atoms with Crippen LogP contribution in [0.5, 0.6) is 11.5 Å². The van der Waals surface area contributed by atoms with E-state index < -0.39 is 0 Å². The number of carbonyl (C=O) groups is 1. The lowest BCUT2D eigenvalue weighted by Gasteiger charge is -2.33. The number of amides is 1. The first-order chi connectivity index (χ1) is 11.1. The number of ether oxygens (including phenoxy) is 2. The fourth-order valence-corrected chi connectivity index (χ4v) is 3.50. The second-order valence-electron chi connectivity index (χ2n) is 5.41. The number of fused-ring (bicyclic) bond motifs is 1. The molecule has 1 atom stereocenters. The first kappa shape index (κ1) is 15.9. The third-order valence-electron chi connectivity index (χ3n) is 4.07. The van der Waals surface area contributed by atoms with Crippen molar-refractivity contribution in [1.29, 1.82) is 0 Å². The first-order valence-corrected chi connectivity index (χ1v) is 8.29. The Balaban J connectivity index is 1.90. The quantitative estimate of drug-likeness (QED) is 0.604. The van der Waals surface area contributed by atoms with Crippen molar-refractivity contribution in [2.24, 2.45) is 0 Å². The summed E-state index contributed by atoms with van der Waals surface area (Å²) < 4.78 is 10.7. The highest BCUT2D eigenvalue weighted by Gasteiger charge is 2.31. The Bertz CT molecular complexity index is 732. The Labute approximate surface area is 144 Å². The summed E-state index contributed by atoms with van der Waals surface area (Å²) >= 11 is 3.64. The van der Waals surface area contributed by atoms with Gasteiger partial charge < -0.3 is 14.4 Å². The Hall–Kier alpha value is -2.01. The maximum absolute atomic E-state index is 12.8. The third kappa shape index (κ3) is 3.06. The average molecular weight is 376 g/mol. The van der Waals surface area contributed by atoms with E-state index in [-0.39, 0.29) is 10.9 Å². The van der Waals surface area contributed by atoms with Gasteiger partial charge in [0.25, 0.3) is 5.91 Å². The molecule has 1 heterocycles. The van der Waals surface area contributed by atoms with E-state index in [4.69, 9.17) is 9.47 Å². The van der Waals surface area contributed by atoms with Gasteiger partial charge in [-0.05, 0) is 23.8 Å². The fourth-order valence-electron chi connectivity index (χ4n) is 2.82. The van der Waals surface area contributed by atoms with Crippen LogP contribution >= 0.6 is 15.9 Å². The number of alkyl halides is 1. The van der Waals surface area contributed by atoms with Crippen molar-refractivity contribution >= 4 is 21.8 Å². The van der Waals surface area contributed by atoms with Crippen molar-refractivity contribution in [3.05, 3.63) is 59.2 Å². The summed E-state index contributed by atoms with van der Waals surface area (Å²) in [5, 5.41) is 0. The van der Waals surface area contributed by atoms with E-state index in [2.05, 4.69) is 15.9 Å². The van der Waals surface area contributed by atoms with Crippen molar-refractivity contribution in [1.82, 2.24) is 4.90 Å². The summed E-state index contributed by atoms with van der Waals surface area (Å²) in [4.78, 5) is 14.6. The SMILES string of the molecule is COc1ccc(CN2C(=O)c3ccccc3CC2Br)c(OC)c1. The van der Waals surface area contributed by atoms with Gasteiger partial charge in [0.1, 0.15) is 11.5 Å². The maximum Gasteiger partial charge on any atom is 0.255 e. The second-order valence-corrected chi connectivity index (χ2v) is 6.46. The molecule has 4 nitrogen and oxygen atoms in total. The average Bonchev–Trinajstić information content (AvgIpc) is 2.58.